The smallest absolute Gasteiger partial charge is 0.119 e. The Morgan fingerprint density at radius 2 is 2.00 bits per heavy atom. The zero-order valence-electron chi connectivity index (χ0n) is 11.1. The monoisotopic (exact) mass is 285 g/mol. The van der Waals surface area contributed by atoms with Crippen LogP contribution in [0.25, 0.3) is 10.2 Å². The highest BCUT2D eigenvalue weighted by Crippen LogP contribution is 2.27. The Kier molecular flexibility index (Phi) is 3.67. The van der Waals surface area contributed by atoms with Crippen molar-refractivity contribution in [3.05, 3.63) is 59.1 Å². The fraction of sp³-hybridized carbons (Fsp3) is 0.188. The summed E-state index contributed by atoms with van der Waals surface area (Å²) in [4.78, 5) is 4.36. The number of nitrogens with zero attached hydrogens (tertiary/aromatic N) is 1. The number of hydrogen-bond acceptors (Lipinski definition) is 4. The molecule has 2 aromatic heterocycles. The van der Waals surface area contributed by atoms with Crippen LogP contribution in [0, 0.1) is 0 Å². The molecule has 0 spiro atoms. The van der Waals surface area contributed by atoms with Crippen LogP contribution in [-0.4, -0.2) is 16.7 Å². The molecule has 0 aliphatic carbocycles. The molecule has 20 heavy (non-hydrogen) atoms. The lowest BCUT2D eigenvalue weighted by Crippen LogP contribution is -2.00. The number of ether oxygens (including phenoxy) is 1. The van der Waals surface area contributed by atoms with Gasteiger partial charge in [-0.3, -0.25) is 4.98 Å². The van der Waals surface area contributed by atoms with Gasteiger partial charge in [-0.2, -0.15) is 0 Å². The lowest BCUT2D eigenvalue weighted by molar-refractivity contribution is 0.220. The van der Waals surface area contributed by atoms with Crippen molar-refractivity contribution < 1.29 is 9.84 Å². The quantitative estimate of drug-likeness (QED) is 0.793. The number of fused-ring (bicyclic) bond motifs is 1. The number of rotatable bonds is 4. The van der Waals surface area contributed by atoms with Crippen LogP contribution in [0.3, 0.4) is 0 Å². The van der Waals surface area contributed by atoms with Crippen molar-refractivity contribution in [2.24, 2.45) is 0 Å². The van der Waals surface area contributed by atoms with E-state index in [0.29, 0.717) is 6.61 Å². The van der Waals surface area contributed by atoms with Gasteiger partial charge in [0.1, 0.15) is 11.9 Å². The minimum Gasteiger partial charge on any atom is -0.494 e. The maximum atomic E-state index is 10.4. The number of pyridine rings is 1. The fourth-order valence-corrected chi connectivity index (χ4v) is 2.91. The minimum absolute atomic E-state index is 0.640. The highest BCUT2D eigenvalue weighted by molar-refractivity contribution is 7.17. The maximum Gasteiger partial charge on any atom is 0.119 e. The van der Waals surface area contributed by atoms with Gasteiger partial charge in [0.25, 0.3) is 0 Å². The summed E-state index contributed by atoms with van der Waals surface area (Å²) >= 11 is 1.63. The molecule has 0 saturated carbocycles. The van der Waals surface area contributed by atoms with Crippen LogP contribution < -0.4 is 4.74 Å². The normalized spacial score (nSPS) is 12.5. The number of benzene rings is 1. The maximum absolute atomic E-state index is 10.4. The molecule has 0 saturated heterocycles. The Labute approximate surface area is 121 Å². The average molecular weight is 285 g/mol. The van der Waals surface area contributed by atoms with E-state index in [1.165, 1.54) is 0 Å². The van der Waals surface area contributed by atoms with Crippen LogP contribution in [0.1, 0.15) is 24.2 Å². The predicted octanol–water partition coefficient (Wildman–Crippen LogP) is 3.78. The van der Waals surface area contributed by atoms with Crippen LogP contribution in [0.2, 0.25) is 0 Å². The van der Waals surface area contributed by atoms with Crippen LogP contribution in [0.4, 0.5) is 0 Å². The lowest BCUT2D eigenvalue weighted by Gasteiger charge is -2.12. The first-order valence-corrected chi connectivity index (χ1v) is 7.40. The molecule has 0 bridgehead atoms. The summed E-state index contributed by atoms with van der Waals surface area (Å²) in [5, 5.41) is 12.4. The van der Waals surface area contributed by atoms with E-state index in [4.69, 9.17) is 4.74 Å². The van der Waals surface area contributed by atoms with E-state index in [1.807, 2.05) is 48.7 Å². The fourth-order valence-electron chi connectivity index (χ4n) is 2.12. The molecule has 3 aromatic rings. The van der Waals surface area contributed by atoms with Crippen molar-refractivity contribution in [3.8, 4) is 5.75 Å². The second kappa shape index (κ2) is 5.61. The first kappa shape index (κ1) is 13.1. The molecule has 0 amide bonds. The molecule has 1 aromatic carbocycles. The third kappa shape index (κ3) is 2.53. The van der Waals surface area contributed by atoms with E-state index in [-0.39, 0.29) is 0 Å². The predicted molar refractivity (Wildman–Crippen MR) is 81.3 cm³/mol. The van der Waals surface area contributed by atoms with Crippen LogP contribution in [-0.2, 0) is 0 Å². The van der Waals surface area contributed by atoms with Gasteiger partial charge in [0.15, 0.2) is 0 Å². The molecule has 0 aliphatic rings. The summed E-state index contributed by atoms with van der Waals surface area (Å²) < 4.78 is 6.49. The molecule has 102 valence electrons. The van der Waals surface area contributed by atoms with Gasteiger partial charge < -0.3 is 9.84 Å². The van der Waals surface area contributed by atoms with Crippen molar-refractivity contribution in [2.75, 3.05) is 6.61 Å². The van der Waals surface area contributed by atoms with Crippen molar-refractivity contribution in [1.29, 1.82) is 0 Å². The Bertz CT molecular complexity index is 706. The Morgan fingerprint density at radius 3 is 2.75 bits per heavy atom. The van der Waals surface area contributed by atoms with Gasteiger partial charge in [-0.25, -0.2) is 0 Å². The Balaban J connectivity index is 1.88. The highest BCUT2D eigenvalue weighted by atomic mass is 32.1. The van der Waals surface area contributed by atoms with Gasteiger partial charge in [-0.15, -0.1) is 11.3 Å². The van der Waals surface area contributed by atoms with Crippen molar-refractivity contribution in [1.82, 2.24) is 4.98 Å². The van der Waals surface area contributed by atoms with E-state index < -0.39 is 6.10 Å². The van der Waals surface area contributed by atoms with Gasteiger partial charge in [-0.1, -0.05) is 12.1 Å². The molecular formula is C16H15NO2S. The number of aromatic nitrogens is 1. The average Bonchev–Trinajstić information content (AvgIpc) is 2.95. The Hall–Kier alpha value is -1.91. The van der Waals surface area contributed by atoms with Gasteiger partial charge in [0, 0.05) is 11.8 Å². The van der Waals surface area contributed by atoms with Gasteiger partial charge in [0.05, 0.1) is 16.8 Å². The molecule has 0 aliphatic heterocycles. The summed E-state index contributed by atoms with van der Waals surface area (Å²) in [5.74, 6) is 0.815. The van der Waals surface area contributed by atoms with E-state index in [2.05, 4.69) is 4.98 Å². The first-order chi connectivity index (χ1) is 9.78. The van der Waals surface area contributed by atoms with Gasteiger partial charge in [0.2, 0.25) is 0 Å². The summed E-state index contributed by atoms with van der Waals surface area (Å²) in [6, 6.07) is 11.5. The second-order valence-corrected chi connectivity index (χ2v) is 5.42. The number of aliphatic hydroxyl groups is 1. The molecule has 0 radical (unpaired) electrons. The molecule has 3 rings (SSSR count). The Morgan fingerprint density at radius 1 is 1.20 bits per heavy atom. The summed E-state index contributed by atoms with van der Waals surface area (Å²) in [6.07, 6.45) is 1.07. The van der Waals surface area contributed by atoms with E-state index in [9.17, 15) is 5.11 Å². The van der Waals surface area contributed by atoms with E-state index >= 15 is 0 Å². The van der Waals surface area contributed by atoms with E-state index in [1.54, 1.807) is 17.5 Å². The number of thiophene rings is 1. The van der Waals surface area contributed by atoms with E-state index in [0.717, 1.165) is 27.1 Å². The topological polar surface area (TPSA) is 42.4 Å². The SMILES string of the molecule is CCOc1ccc(C(O)c2cnc3ccsc3c2)cc1. The van der Waals surface area contributed by atoms with Crippen molar-refractivity contribution in [2.45, 2.75) is 13.0 Å². The molecular weight excluding hydrogens is 270 g/mol. The summed E-state index contributed by atoms with van der Waals surface area (Å²) in [7, 11) is 0. The molecule has 3 nitrogen and oxygen atoms in total. The standard InChI is InChI=1S/C16H15NO2S/c1-2-19-13-5-3-11(4-6-13)16(18)12-9-15-14(17-10-12)7-8-20-15/h3-10,16,18H,2H2,1H3. The number of aliphatic hydroxyl groups excluding tert-OH is 1. The lowest BCUT2D eigenvalue weighted by atomic mass is 10.0. The summed E-state index contributed by atoms with van der Waals surface area (Å²) in [6.45, 7) is 2.59. The molecule has 1 unspecified atom stereocenters. The summed E-state index contributed by atoms with van der Waals surface area (Å²) in [5.41, 5.74) is 2.62. The zero-order valence-corrected chi connectivity index (χ0v) is 11.9. The first-order valence-electron chi connectivity index (χ1n) is 6.52. The molecule has 0 fully saturated rings. The van der Waals surface area contributed by atoms with Crippen LogP contribution in [0.15, 0.2) is 48.0 Å². The van der Waals surface area contributed by atoms with Crippen LogP contribution in [0.5, 0.6) is 5.75 Å². The van der Waals surface area contributed by atoms with Gasteiger partial charge in [-0.05, 0) is 42.1 Å². The minimum atomic E-state index is -0.662. The third-order valence-electron chi connectivity index (χ3n) is 3.15. The molecule has 2 heterocycles. The third-order valence-corrected chi connectivity index (χ3v) is 4.00. The molecule has 1 atom stereocenters. The number of hydrogen-bond donors (Lipinski definition) is 1. The molecule has 4 heteroatoms. The zero-order chi connectivity index (χ0) is 13.9. The molecule has 1 N–H and O–H groups in total. The van der Waals surface area contributed by atoms with Crippen molar-refractivity contribution in [3.63, 3.8) is 0 Å². The second-order valence-electron chi connectivity index (χ2n) is 4.48. The van der Waals surface area contributed by atoms with Crippen molar-refractivity contribution >= 4 is 21.6 Å². The van der Waals surface area contributed by atoms with Crippen LogP contribution >= 0.6 is 11.3 Å². The van der Waals surface area contributed by atoms with Gasteiger partial charge >= 0.3 is 0 Å². The highest BCUT2D eigenvalue weighted by Gasteiger charge is 2.12. The largest absolute Gasteiger partial charge is 0.494 e.